The van der Waals surface area contributed by atoms with Gasteiger partial charge in [0.25, 0.3) is 0 Å². The fourth-order valence-corrected chi connectivity index (χ4v) is 1.54. The molecular weight excluding hydrogens is 204 g/mol. The zero-order valence-corrected chi connectivity index (χ0v) is 8.81. The highest BCUT2D eigenvalue weighted by Gasteiger charge is 2.07. The van der Waals surface area contributed by atoms with Crippen LogP contribution in [0.3, 0.4) is 0 Å². The van der Waals surface area contributed by atoms with Crippen molar-refractivity contribution in [1.82, 2.24) is 0 Å². The van der Waals surface area contributed by atoms with Gasteiger partial charge in [0.2, 0.25) is 0 Å². The normalized spacial score (nSPS) is 10.3. The second-order valence-electron chi connectivity index (χ2n) is 3.69. The molecule has 3 heteroatoms. The van der Waals surface area contributed by atoms with Crippen molar-refractivity contribution in [2.45, 2.75) is 6.92 Å². The Kier molecular flexibility index (Phi) is 2.44. The van der Waals surface area contributed by atoms with Crippen molar-refractivity contribution < 1.29 is 15.3 Å². The minimum atomic E-state index is 0.0401. The van der Waals surface area contributed by atoms with Crippen LogP contribution in [0.25, 0.3) is 11.1 Å². The van der Waals surface area contributed by atoms with E-state index in [1.807, 2.05) is 0 Å². The Morgan fingerprint density at radius 2 is 1.44 bits per heavy atom. The van der Waals surface area contributed by atoms with Crippen LogP contribution < -0.4 is 0 Å². The summed E-state index contributed by atoms with van der Waals surface area (Å²) < 4.78 is 0. The van der Waals surface area contributed by atoms with Gasteiger partial charge >= 0.3 is 0 Å². The van der Waals surface area contributed by atoms with Crippen molar-refractivity contribution in [3.63, 3.8) is 0 Å². The highest BCUT2D eigenvalue weighted by atomic mass is 16.3. The SMILES string of the molecule is Cc1c(O)cc(-c2cccc(O)c2)cc1O. The third-order valence-electron chi connectivity index (χ3n) is 2.53. The fourth-order valence-electron chi connectivity index (χ4n) is 1.54. The summed E-state index contributed by atoms with van der Waals surface area (Å²) >= 11 is 0. The molecule has 0 saturated carbocycles. The smallest absolute Gasteiger partial charge is 0.122 e. The summed E-state index contributed by atoms with van der Waals surface area (Å²) in [6.07, 6.45) is 0. The van der Waals surface area contributed by atoms with Crippen molar-refractivity contribution in [3.05, 3.63) is 42.0 Å². The molecule has 0 fully saturated rings. The van der Waals surface area contributed by atoms with Gasteiger partial charge in [0.1, 0.15) is 17.2 Å². The van der Waals surface area contributed by atoms with E-state index in [9.17, 15) is 15.3 Å². The quantitative estimate of drug-likeness (QED) is 0.686. The predicted octanol–water partition coefficient (Wildman–Crippen LogP) is 2.78. The fraction of sp³-hybridized carbons (Fsp3) is 0.0769. The van der Waals surface area contributed by atoms with Gasteiger partial charge in [0.05, 0.1) is 0 Å². The van der Waals surface area contributed by atoms with Gasteiger partial charge in [-0.05, 0) is 42.3 Å². The number of benzene rings is 2. The van der Waals surface area contributed by atoms with Gasteiger partial charge in [-0.3, -0.25) is 0 Å². The molecule has 0 aliphatic heterocycles. The predicted molar refractivity (Wildman–Crippen MR) is 61.6 cm³/mol. The van der Waals surface area contributed by atoms with Crippen molar-refractivity contribution in [2.24, 2.45) is 0 Å². The van der Waals surface area contributed by atoms with E-state index in [0.29, 0.717) is 11.1 Å². The lowest BCUT2D eigenvalue weighted by Gasteiger charge is -2.07. The molecule has 0 unspecified atom stereocenters. The molecule has 2 rings (SSSR count). The maximum Gasteiger partial charge on any atom is 0.122 e. The van der Waals surface area contributed by atoms with Gasteiger partial charge in [0.15, 0.2) is 0 Å². The minimum Gasteiger partial charge on any atom is -0.508 e. The van der Waals surface area contributed by atoms with Crippen LogP contribution in [0.4, 0.5) is 0 Å². The van der Waals surface area contributed by atoms with Crippen LogP contribution in [-0.4, -0.2) is 15.3 Å². The number of aromatic hydroxyl groups is 3. The van der Waals surface area contributed by atoms with Crippen LogP contribution in [0, 0.1) is 6.92 Å². The van der Waals surface area contributed by atoms with Gasteiger partial charge in [-0.2, -0.15) is 0 Å². The molecule has 82 valence electrons. The van der Waals surface area contributed by atoms with E-state index >= 15 is 0 Å². The molecule has 0 aliphatic carbocycles. The third-order valence-corrected chi connectivity index (χ3v) is 2.53. The Labute approximate surface area is 93.2 Å². The Balaban J connectivity index is 2.57. The van der Waals surface area contributed by atoms with Gasteiger partial charge in [0, 0.05) is 5.56 Å². The first-order valence-electron chi connectivity index (χ1n) is 4.90. The maximum atomic E-state index is 9.59. The summed E-state index contributed by atoms with van der Waals surface area (Å²) in [5, 5.41) is 28.5. The van der Waals surface area contributed by atoms with Crippen LogP contribution in [0.15, 0.2) is 36.4 Å². The lowest BCUT2D eigenvalue weighted by atomic mass is 10.0. The Bertz CT molecular complexity index is 509. The van der Waals surface area contributed by atoms with Crippen molar-refractivity contribution >= 4 is 0 Å². The lowest BCUT2D eigenvalue weighted by Crippen LogP contribution is -1.81. The molecule has 0 atom stereocenters. The molecule has 0 bridgehead atoms. The molecular formula is C13H12O3. The zero-order valence-electron chi connectivity index (χ0n) is 8.81. The molecule has 0 heterocycles. The van der Waals surface area contributed by atoms with Gasteiger partial charge < -0.3 is 15.3 Å². The lowest BCUT2D eigenvalue weighted by molar-refractivity contribution is 0.443. The molecule has 0 spiro atoms. The minimum absolute atomic E-state index is 0.0401. The van der Waals surface area contributed by atoms with Crippen LogP contribution in [-0.2, 0) is 0 Å². The average molecular weight is 216 g/mol. The van der Waals surface area contributed by atoms with Crippen molar-refractivity contribution in [3.8, 4) is 28.4 Å². The van der Waals surface area contributed by atoms with Crippen molar-refractivity contribution in [2.75, 3.05) is 0 Å². The summed E-state index contributed by atoms with van der Waals surface area (Å²) in [7, 11) is 0. The highest BCUT2D eigenvalue weighted by molar-refractivity contribution is 5.69. The Morgan fingerprint density at radius 3 is 2.00 bits per heavy atom. The highest BCUT2D eigenvalue weighted by Crippen LogP contribution is 2.33. The Morgan fingerprint density at radius 1 is 0.812 bits per heavy atom. The van der Waals surface area contributed by atoms with E-state index in [4.69, 9.17) is 0 Å². The van der Waals surface area contributed by atoms with E-state index in [1.54, 1.807) is 43.3 Å². The molecule has 0 radical (unpaired) electrons. The number of phenols is 3. The molecule has 0 aliphatic rings. The van der Waals surface area contributed by atoms with Crippen molar-refractivity contribution in [1.29, 1.82) is 0 Å². The second-order valence-corrected chi connectivity index (χ2v) is 3.69. The molecule has 0 aromatic heterocycles. The summed E-state index contributed by atoms with van der Waals surface area (Å²) in [4.78, 5) is 0. The first-order chi connectivity index (χ1) is 7.58. The summed E-state index contributed by atoms with van der Waals surface area (Å²) in [5.74, 6) is 0.230. The summed E-state index contributed by atoms with van der Waals surface area (Å²) in [5.41, 5.74) is 1.85. The number of hydrogen-bond acceptors (Lipinski definition) is 3. The largest absolute Gasteiger partial charge is 0.508 e. The molecule has 2 aromatic rings. The molecule has 3 nitrogen and oxygen atoms in total. The van der Waals surface area contributed by atoms with Crippen LogP contribution in [0.1, 0.15) is 5.56 Å². The monoisotopic (exact) mass is 216 g/mol. The van der Waals surface area contributed by atoms with E-state index in [2.05, 4.69) is 0 Å². The molecule has 16 heavy (non-hydrogen) atoms. The van der Waals surface area contributed by atoms with E-state index in [1.165, 1.54) is 0 Å². The Hall–Kier alpha value is -2.16. The van der Waals surface area contributed by atoms with Crippen LogP contribution >= 0.6 is 0 Å². The standard InChI is InChI=1S/C13H12O3/c1-8-12(15)6-10(7-13(8)16)9-3-2-4-11(14)5-9/h2-7,14-16H,1H3. The van der Waals surface area contributed by atoms with Crippen LogP contribution in [0.2, 0.25) is 0 Å². The van der Waals surface area contributed by atoms with E-state index < -0.39 is 0 Å². The molecule has 3 N–H and O–H groups in total. The van der Waals surface area contributed by atoms with Gasteiger partial charge in [-0.15, -0.1) is 0 Å². The molecule has 0 saturated heterocycles. The number of phenolic OH excluding ortho intramolecular Hbond substituents is 3. The number of hydrogen-bond donors (Lipinski definition) is 3. The van der Waals surface area contributed by atoms with E-state index in [-0.39, 0.29) is 17.2 Å². The third kappa shape index (κ3) is 1.80. The number of rotatable bonds is 1. The molecule has 0 amide bonds. The maximum absolute atomic E-state index is 9.59. The first kappa shape index (κ1) is 10.4. The summed E-state index contributed by atoms with van der Waals surface area (Å²) in [6.45, 7) is 1.64. The second kappa shape index (κ2) is 3.77. The van der Waals surface area contributed by atoms with E-state index in [0.717, 1.165) is 5.56 Å². The summed E-state index contributed by atoms with van der Waals surface area (Å²) in [6, 6.07) is 9.76. The van der Waals surface area contributed by atoms with Gasteiger partial charge in [-0.25, -0.2) is 0 Å². The average Bonchev–Trinajstić information content (AvgIpc) is 2.25. The zero-order chi connectivity index (χ0) is 11.7. The van der Waals surface area contributed by atoms with Gasteiger partial charge in [-0.1, -0.05) is 12.1 Å². The van der Waals surface area contributed by atoms with Crippen LogP contribution in [0.5, 0.6) is 17.2 Å². The first-order valence-corrected chi connectivity index (χ1v) is 4.90. The molecule has 2 aromatic carbocycles. The topological polar surface area (TPSA) is 60.7 Å².